The number of anilines is 1. The minimum atomic E-state index is -5.14. The zero-order chi connectivity index (χ0) is 49.0. The van der Waals surface area contributed by atoms with E-state index in [-0.39, 0.29) is 56.2 Å². The number of hydrogen-bond donors (Lipinski definition) is 1. The van der Waals surface area contributed by atoms with Crippen LogP contribution in [0.1, 0.15) is 86.9 Å². The molecule has 3 heterocycles. The van der Waals surface area contributed by atoms with Crippen molar-refractivity contribution in [3.05, 3.63) is 93.0 Å². The quantitative estimate of drug-likeness (QED) is 0.110. The lowest BCUT2D eigenvalue weighted by Gasteiger charge is -2.26. The van der Waals surface area contributed by atoms with Crippen LogP contribution in [-0.4, -0.2) is 70.5 Å². The standard InChI is InChI=1S/C43H41ClF7N7O6S2/c1-40(2,3)39(60)58(66(8,63)64)38-33-29(44)12-11-26(35(33)56(6)55-38)25-10-9-24(13-14-41(4,5)65(7,61)62)52-34(25)30(17-21-15-22(45)18-23(46)16-21)53-31(59)20-57-37-32(36(54-57)43(49,50)51)27-19-28(27)42(37,47)48/h9-12,15-16,18,27-28,30H,17,19-20H2,1-8H3,(H,53,59)/t27-,28+,30?/m0/s1. The number of benzene rings is 2. The van der Waals surface area contributed by atoms with E-state index in [2.05, 4.69) is 32.3 Å². The first kappa shape index (κ1) is 48.4. The highest BCUT2D eigenvalue weighted by Crippen LogP contribution is 2.68. The second-order valence-corrected chi connectivity index (χ2v) is 22.8. The maximum absolute atomic E-state index is 15.5. The van der Waals surface area contributed by atoms with Crippen LogP contribution >= 0.6 is 11.6 Å². The second-order valence-electron chi connectivity index (χ2n) is 17.9. The molecule has 2 aliphatic rings. The summed E-state index contributed by atoms with van der Waals surface area (Å²) in [5.41, 5.74) is -4.55. The van der Waals surface area contributed by atoms with Crippen LogP contribution in [0.25, 0.3) is 22.0 Å². The SMILES string of the molecule is Cn1nc(N(C(=O)C(C)(C)C)S(C)(=O)=O)c2c(Cl)ccc(-c3ccc(C#CC(C)(C)S(C)(=O)=O)nc3C(Cc3cc(F)cc(F)c3)NC(=O)Cn3nc(C(F)(F)F)c4c3C(F)(F)[C@@H]3C[C@H]43)c21. The minimum Gasteiger partial charge on any atom is -0.346 e. The lowest BCUT2D eigenvalue weighted by molar-refractivity contribution is -0.142. The van der Waals surface area contributed by atoms with Crippen molar-refractivity contribution in [3.63, 3.8) is 0 Å². The van der Waals surface area contributed by atoms with Crippen molar-refractivity contribution in [2.45, 2.75) is 82.8 Å². The molecule has 5 aromatic rings. The lowest BCUT2D eigenvalue weighted by Crippen LogP contribution is -2.43. The van der Waals surface area contributed by atoms with E-state index >= 15 is 8.78 Å². The molecule has 2 aliphatic carbocycles. The Labute approximate surface area is 379 Å². The number of nitrogens with zero attached hydrogens (tertiary/aromatic N) is 6. The van der Waals surface area contributed by atoms with E-state index in [0.717, 1.165) is 24.6 Å². The van der Waals surface area contributed by atoms with Gasteiger partial charge in [-0.2, -0.15) is 36.5 Å². The lowest BCUT2D eigenvalue weighted by atomic mass is 9.93. The van der Waals surface area contributed by atoms with Gasteiger partial charge in [-0.15, -0.1) is 0 Å². The number of alkyl halides is 5. The maximum Gasteiger partial charge on any atom is 0.435 e. The number of carbonyl (C=O) groups excluding carboxylic acids is 2. The molecule has 352 valence electrons. The van der Waals surface area contributed by atoms with Crippen molar-refractivity contribution >= 4 is 60.0 Å². The fourth-order valence-electron chi connectivity index (χ4n) is 7.92. The summed E-state index contributed by atoms with van der Waals surface area (Å²) in [5, 5.41) is 10.3. The maximum atomic E-state index is 15.5. The van der Waals surface area contributed by atoms with Crippen molar-refractivity contribution in [2.75, 3.05) is 16.8 Å². The van der Waals surface area contributed by atoms with Gasteiger partial charge in [0.1, 0.15) is 34.3 Å². The third-order valence-corrected chi connectivity index (χ3v) is 14.7. The first-order valence-electron chi connectivity index (χ1n) is 20.0. The second kappa shape index (κ2) is 16.1. The molecule has 3 aromatic heterocycles. The van der Waals surface area contributed by atoms with Gasteiger partial charge in [-0.3, -0.25) is 19.0 Å². The molecule has 1 N–H and O–H groups in total. The monoisotopic (exact) mass is 983 g/mol. The number of halogens is 8. The van der Waals surface area contributed by atoms with E-state index in [1.54, 1.807) is 0 Å². The van der Waals surface area contributed by atoms with E-state index in [4.69, 9.17) is 11.6 Å². The predicted octanol–water partition coefficient (Wildman–Crippen LogP) is 7.60. The number of nitrogens with one attached hydrogen (secondary N) is 1. The molecule has 0 spiro atoms. The molecule has 0 aliphatic heterocycles. The molecule has 1 saturated carbocycles. The van der Waals surface area contributed by atoms with Gasteiger partial charge in [0.2, 0.25) is 21.8 Å². The number of sulfonamides is 1. The van der Waals surface area contributed by atoms with Gasteiger partial charge >= 0.3 is 6.18 Å². The number of fused-ring (bicyclic) bond motifs is 4. The van der Waals surface area contributed by atoms with Crippen molar-refractivity contribution < 1.29 is 57.2 Å². The topological polar surface area (TPSA) is 166 Å². The zero-order valence-electron chi connectivity index (χ0n) is 36.4. The molecule has 13 nitrogen and oxygen atoms in total. The molecule has 7 rings (SSSR count). The Kier molecular flexibility index (Phi) is 11.8. The third kappa shape index (κ3) is 8.88. The highest BCUT2D eigenvalue weighted by molar-refractivity contribution is 7.93. The Balaban J connectivity index is 1.45. The highest BCUT2D eigenvalue weighted by atomic mass is 35.5. The van der Waals surface area contributed by atoms with Gasteiger partial charge in [0, 0.05) is 47.4 Å². The van der Waals surface area contributed by atoms with Gasteiger partial charge in [0.05, 0.1) is 33.9 Å². The van der Waals surface area contributed by atoms with Crippen LogP contribution < -0.4 is 9.62 Å². The van der Waals surface area contributed by atoms with Crippen LogP contribution in [0.3, 0.4) is 0 Å². The zero-order valence-corrected chi connectivity index (χ0v) is 38.8. The van der Waals surface area contributed by atoms with Gasteiger partial charge < -0.3 is 5.32 Å². The average molecular weight is 984 g/mol. The Morgan fingerprint density at radius 1 is 0.970 bits per heavy atom. The van der Waals surface area contributed by atoms with Crippen LogP contribution in [-0.2, 0) is 61.6 Å². The van der Waals surface area contributed by atoms with Crippen molar-refractivity contribution in [1.29, 1.82) is 0 Å². The predicted molar refractivity (Wildman–Crippen MR) is 229 cm³/mol. The average Bonchev–Trinajstić information content (AvgIpc) is 3.69. The summed E-state index contributed by atoms with van der Waals surface area (Å²) in [6, 6.07) is 6.53. The molecule has 3 atom stereocenters. The minimum absolute atomic E-state index is 0.0378. The Bertz CT molecular complexity index is 3150. The molecule has 2 aromatic carbocycles. The van der Waals surface area contributed by atoms with Crippen LogP contribution in [0.2, 0.25) is 5.02 Å². The fraction of sp³-hybridized carbons (Fsp3) is 0.419. The molecule has 0 bridgehead atoms. The first-order chi connectivity index (χ1) is 30.2. The molecule has 66 heavy (non-hydrogen) atoms. The number of pyridine rings is 1. The van der Waals surface area contributed by atoms with Crippen molar-refractivity contribution in [1.82, 2.24) is 29.9 Å². The van der Waals surface area contributed by atoms with Gasteiger partial charge in [0.25, 0.3) is 5.92 Å². The van der Waals surface area contributed by atoms with Crippen LogP contribution in [0.4, 0.5) is 36.6 Å². The summed E-state index contributed by atoms with van der Waals surface area (Å²) in [5.74, 6) is -5.39. The fourth-order valence-corrected chi connectivity index (χ4v) is 9.41. The van der Waals surface area contributed by atoms with Gasteiger partial charge in [-0.1, -0.05) is 44.4 Å². The largest absolute Gasteiger partial charge is 0.435 e. The Morgan fingerprint density at radius 3 is 2.17 bits per heavy atom. The van der Waals surface area contributed by atoms with E-state index < -0.39 is 113 Å². The summed E-state index contributed by atoms with van der Waals surface area (Å²) < 4.78 is 155. The van der Waals surface area contributed by atoms with E-state index in [1.807, 2.05) is 0 Å². The number of rotatable bonds is 10. The summed E-state index contributed by atoms with van der Waals surface area (Å²) >= 11 is 6.75. The molecule has 0 radical (unpaired) electrons. The smallest absolute Gasteiger partial charge is 0.346 e. The molecule has 2 amide bonds. The summed E-state index contributed by atoms with van der Waals surface area (Å²) in [6.07, 6.45) is -4.07. The molecular formula is C43H41ClF7N7O6S2. The number of hydrogen-bond acceptors (Lipinski definition) is 9. The summed E-state index contributed by atoms with van der Waals surface area (Å²) in [6.45, 7) is 5.99. The van der Waals surface area contributed by atoms with Gasteiger partial charge in [0.15, 0.2) is 21.3 Å². The number of amides is 2. The summed E-state index contributed by atoms with van der Waals surface area (Å²) in [7, 11) is -6.74. The number of aromatic nitrogens is 5. The van der Waals surface area contributed by atoms with Crippen LogP contribution in [0, 0.1) is 34.8 Å². The summed E-state index contributed by atoms with van der Waals surface area (Å²) in [4.78, 5) is 32.5. The normalized spacial score (nSPS) is 17.5. The molecule has 1 fully saturated rings. The number of carbonyl (C=O) groups is 2. The van der Waals surface area contributed by atoms with Crippen LogP contribution in [0.5, 0.6) is 0 Å². The molecular weight excluding hydrogens is 943 g/mol. The van der Waals surface area contributed by atoms with E-state index in [9.17, 15) is 48.4 Å². The third-order valence-electron chi connectivity index (χ3n) is 11.4. The van der Waals surface area contributed by atoms with Crippen LogP contribution in [0.15, 0.2) is 42.5 Å². The van der Waals surface area contributed by atoms with Gasteiger partial charge in [-0.25, -0.2) is 30.6 Å². The van der Waals surface area contributed by atoms with E-state index in [0.29, 0.717) is 15.1 Å². The van der Waals surface area contributed by atoms with Crippen molar-refractivity contribution in [3.8, 4) is 23.0 Å². The molecule has 0 saturated heterocycles. The number of aryl methyl sites for hydroxylation is 1. The Hall–Kier alpha value is -5.53. The van der Waals surface area contributed by atoms with E-state index in [1.165, 1.54) is 70.6 Å². The highest BCUT2D eigenvalue weighted by Gasteiger charge is 2.68. The number of sulfone groups is 1. The molecule has 23 heteroatoms. The first-order valence-corrected chi connectivity index (χ1v) is 24.1. The molecule has 1 unspecified atom stereocenters. The van der Waals surface area contributed by atoms with Gasteiger partial charge in [-0.05, 0) is 74.4 Å². The Morgan fingerprint density at radius 2 is 1.59 bits per heavy atom. The van der Waals surface area contributed by atoms with Crippen molar-refractivity contribution in [2.24, 2.45) is 18.4 Å².